The number of carbonyl (C=O) groups excluding carboxylic acids is 2. The lowest BCUT2D eigenvalue weighted by molar-refractivity contribution is -0.114. The minimum Gasteiger partial charge on any atom is -0.326 e. The predicted octanol–water partition coefficient (Wildman–Crippen LogP) is 4.96. The van der Waals surface area contributed by atoms with Gasteiger partial charge in [-0.25, -0.2) is 0 Å². The van der Waals surface area contributed by atoms with Crippen LogP contribution in [0.2, 0.25) is 10.0 Å². The van der Waals surface area contributed by atoms with Crippen LogP contribution in [-0.4, -0.2) is 32.3 Å². The molecule has 0 saturated heterocycles. The van der Waals surface area contributed by atoms with Gasteiger partial charge in [0, 0.05) is 35.4 Å². The first-order chi connectivity index (χ1) is 14.4. The van der Waals surface area contributed by atoms with E-state index < -0.39 is 0 Å². The zero-order valence-corrected chi connectivity index (χ0v) is 18.6. The molecular formula is C20H19Cl2N5O2S. The second kappa shape index (κ2) is 9.97. The summed E-state index contributed by atoms with van der Waals surface area (Å²) in [5.74, 6) is 0.460. The van der Waals surface area contributed by atoms with E-state index in [1.165, 1.54) is 18.7 Å². The quantitative estimate of drug-likeness (QED) is 0.483. The number of hydrogen-bond donors (Lipinski definition) is 2. The Labute approximate surface area is 188 Å². The molecule has 0 aliphatic carbocycles. The molecule has 156 valence electrons. The highest BCUT2D eigenvalue weighted by atomic mass is 35.5. The third-order valence-electron chi connectivity index (χ3n) is 4.03. The molecular weight excluding hydrogens is 445 g/mol. The van der Waals surface area contributed by atoms with Gasteiger partial charge in [-0.2, -0.15) is 0 Å². The van der Waals surface area contributed by atoms with Crippen LogP contribution in [-0.2, 0) is 16.1 Å². The molecule has 2 aromatic carbocycles. The summed E-state index contributed by atoms with van der Waals surface area (Å²) in [5.41, 5.74) is 2.03. The number of nitrogens with one attached hydrogen (secondary N) is 2. The summed E-state index contributed by atoms with van der Waals surface area (Å²) in [6, 6.07) is 12.1. The third kappa shape index (κ3) is 5.53. The van der Waals surface area contributed by atoms with E-state index in [4.69, 9.17) is 23.2 Å². The van der Waals surface area contributed by atoms with E-state index in [-0.39, 0.29) is 17.6 Å². The van der Waals surface area contributed by atoms with Gasteiger partial charge in [0.15, 0.2) is 11.0 Å². The highest BCUT2D eigenvalue weighted by molar-refractivity contribution is 7.99. The maximum Gasteiger partial charge on any atom is 0.234 e. The molecule has 10 heteroatoms. The zero-order chi connectivity index (χ0) is 21.7. The van der Waals surface area contributed by atoms with Crippen LogP contribution in [0.1, 0.15) is 13.8 Å². The van der Waals surface area contributed by atoms with Gasteiger partial charge in [-0.1, -0.05) is 35.0 Å². The molecule has 2 N–H and O–H groups in total. The molecule has 0 fully saturated rings. The van der Waals surface area contributed by atoms with Crippen molar-refractivity contribution in [3.05, 3.63) is 52.5 Å². The Bertz CT molecular complexity index is 1070. The number of halogens is 2. The van der Waals surface area contributed by atoms with E-state index in [2.05, 4.69) is 20.8 Å². The Morgan fingerprint density at radius 1 is 1.03 bits per heavy atom. The highest BCUT2D eigenvalue weighted by Crippen LogP contribution is 2.31. The molecule has 0 spiro atoms. The van der Waals surface area contributed by atoms with E-state index >= 15 is 0 Å². The van der Waals surface area contributed by atoms with Crippen LogP contribution in [0, 0.1) is 0 Å². The molecule has 1 heterocycles. The van der Waals surface area contributed by atoms with Crippen molar-refractivity contribution >= 4 is 58.2 Å². The molecule has 0 saturated carbocycles. The van der Waals surface area contributed by atoms with Crippen LogP contribution in [0.5, 0.6) is 0 Å². The first-order valence-electron chi connectivity index (χ1n) is 9.06. The summed E-state index contributed by atoms with van der Waals surface area (Å²) >= 11 is 13.6. The summed E-state index contributed by atoms with van der Waals surface area (Å²) in [7, 11) is 0. The van der Waals surface area contributed by atoms with Crippen molar-refractivity contribution in [2.24, 2.45) is 0 Å². The number of hydrogen-bond acceptors (Lipinski definition) is 5. The largest absolute Gasteiger partial charge is 0.326 e. The summed E-state index contributed by atoms with van der Waals surface area (Å²) in [5, 5.41) is 15.6. The lowest BCUT2D eigenvalue weighted by Gasteiger charge is -2.09. The smallest absolute Gasteiger partial charge is 0.234 e. The number of benzene rings is 2. The fourth-order valence-corrected chi connectivity index (χ4v) is 4.01. The zero-order valence-electron chi connectivity index (χ0n) is 16.3. The number of nitrogens with zero attached hydrogens (tertiary/aromatic N) is 3. The van der Waals surface area contributed by atoms with Crippen molar-refractivity contribution < 1.29 is 9.59 Å². The normalized spacial score (nSPS) is 10.7. The molecule has 0 atom stereocenters. The van der Waals surface area contributed by atoms with Crippen molar-refractivity contribution in [1.29, 1.82) is 0 Å². The van der Waals surface area contributed by atoms with Gasteiger partial charge in [0.05, 0.1) is 10.8 Å². The van der Waals surface area contributed by atoms with Crippen molar-refractivity contribution in [2.45, 2.75) is 25.5 Å². The van der Waals surface area contributed by atoms with Crippen LogP contribution in [0.25, 0.3) is 11.4 Å². The first-order valence-corrected chi connectivity index (χ1v) is 10.8. The predicted molar refractivity (Wildman–Crippen MR) is 121 cm³/mol. The lowest BCUT2D eigenvalue weighted by atomic mass is 10.2. The molecule has 2 amide bonds. The van der Waals surface area contributed by atoms with Gasteiger partial charge < -0.3 is 15.2 Å². The van der Waals surface area contributed by atoms with Gasteiger partial charge in [0.25, 0.3) is 0 Å². The van der Waals surface area contributed by atoms with Crippen LogP contribution < -0.4 is 10.6 Å². The fraction of sp³-hybridized carbons (Fsp3) is 0.200. The van der Waals surface area contributed by atoms with Gasteiger partial charge in [-0.3, -0.25) is 9.59 Å². The van der Waals surface area contributed by atoms with Gasteiger partial charge in [-0.05, 0) is 49.4 Å². The van der Waals surface area contributed by atoms with E-state index in [1.807, 2.05) is 11.5 Å². The van der Waals surface area contributed by atoms with E-state index in [9.17, 15) is 9.59 Å². The second-order valence-electron chi connectivity index (χ2n) is 6.27. The average molecular weight is 464 g/mol. The first kappa shape index (κ1) is 22.1. The Morgan fingerprint density at radius 2 is 1.70 bits per heavy atom. The Morgan fingerprint density at radius 3 is 2.30 bits per heavy atom. The molecule has 30 heavy (non-hydrogen) atoms. The van der Waals surface area contributed by atoms with Gasteiger partial charge in [0.2, 0.25) is 11.8 Å². The van der Waals surface area contributed by atoms with Crippen molar-refractivity contribution in [3.8, 4) is 11.4 Å². The molecule has 7 nitrogen and oxygen atoms in total. The minimum absolute atomic E-state index is 0.150. The number of carbonyl (C=O) groups is 2. The lowest BCUT2D eigenvalue weighted by Crippen LogP contribution is -2.14. The number of anilines is 2. The molecule has 3 aromatic rings. The number of amides is 2. The molecule has 0 unspecified atom stereocenters. The molecule has 0 aliphatic heterocycles. The third-order valence-corrected chi connectivity index (χ3v) is 5.54. The topological polar surface area (TPSA) is 88.9 Å². The minimum atomic E-state index is -0.177. The van der Waals surface area contributed by atoms with Crippen LogP contribution in [0.15, 0.2) is 47.6 Å². The second-order valence-corrected chi connectivity index (χ2v) is 8.06. The summed E-state index contributed by atoms with van der Waals surface area (Å²) < 4.78 is 1.90. The van der Waals surface area contributed by atoms with Crippen molar-refractivity contribution in [3.63, 3.8) is 0 Å². The Kier molecular flexibility index (Phi) is 7.36. The standard InChI is InChI=1S/C20H19Cl2N5O2S/c1-3-27-19(16-9-4-13(21)10-17(16)22)25-26-20(27)30-11-18(29)24-15-7-5-14(6-8-15)23-12(2)28/h4-10H,3,11H2,1-2H3,(H,23,28)(H,24,29). The van der Waals surface area contributed by atoms with E-state index in [0.717, 1.165) is 5.56 Å². The van der Waals surface area contributed by atoms with E-state index in [1.54, 1.807) is 42.5 Å². The monoisotopic (exact) mass is 463 g/mol. The maximum atomic E-state index is 12.3. The van der Waals surface area contributed by atoms with Gasteiger partial charge >= 0.3 is 0 Å². The van der Waals surface area contributed by atoms with Crippen LogP contribution >= 0.6 is 35.0 Å². The fourth-order valence-electron chi connectivity index (χ4n) is 2.72. The summed E-state index contributed by atoms with van der Waals surface area (Å²) in [6.45, 7) is 4.03. The van der Waals surface area contributed by atoms with Crippen LogP contribution in [0.4, 0.5) is 11.4 Å². The van der Waals surface area contributed by atoms with E-state index in [0.29, 0.717) is 38.9 Å². The molecule has 0 aliphatic rings. The maximum absolute atomic E-state index is 12.3. The number of rotatable bonds is 7. The Hall–Kier alpha value is -2.55. The highest BCUT2D eigenvalue weighted by Gasteiger charge is 2.17. The molecule has 3 rings (SSSR count). The van der Waals surface area contributed by atoms with Gasteiger partial charge in [-0.15, -0.1) is 10.2 Å². The molecule has 1 aromatic heterocycles. The van der Waals surface area contributed by atoms with Crippen LogP contribution in [0.3, 0.4) is 0 Å². The number of thioether (sulfide) groups is 1. The number of aromatic nitrogens is 3. The Balaban J connectivity index is 1.65. The van der Waals surface area contributed by atoms with Crippen molar-refractivity contribution in [2.75, 3.05) is 16.4 Å². The summed E-state index contributed by atoms with van der Waals surface area (Å²) in [4.78, 5) is 23.4. The van der Waals surface area contributed by atoms with Gasteiger partial charge in [0.1, 0.15) is 0 Å². The summed E-state index contributed by atoms with van der Waals surface area (Å²) in [6.07, 6.45) is 0. The SMILES string of the molecule is CCn1c(SCC(=O)Nc2ccc(NC(C)=O)cc2)nnc1-c1ccc(Cl)cc1Cl. The molecule has 0 bridgehead atoms. The average Bonchev–Trinajstić information content (AvgIpc) is 3.10. The molecule has 0 radical (unpaired) electrons. The van der Waals surface area contributed by atoms with Crippen molar-refractivity contribution in [1.82, 2.24) is 14.8 Å².